The SMILES string of the molecule is O=C1CCC(N2C(=O)c3cccc(OCCCCCCn4cc(CCN5CC[C@H](NC(=O)c6cccc(-c7noc(C(F)(F)F)n7)c6)[C@H](c6nc(-c7ccccc7)cs6)C5)nn4)c3C2=O)C(=O)N1. The summed E-state index contributed by atoms with van der Waals surface area (Å²) in [6.07, 6.45) is 1.90. The first-order valence-corrected chi connectivity index (χ1v) is 23.2. The topological polar surface area (TPSA) is 208 Å². The molecule has 2 N–H and O–H groups in total. The number of thiazole rings is 1. The molecule has 6 aromatic rings. The van der Waals surface area contributed by atoms with Gasteiger partial charge in [-0.05, 0) is 56.4 Å². The summed E-state index contributed by atoms with van der Waals surface area (Å²) in [4.78, 5) is 76.0. The van der Waals surface area contributed by atoms with Gasteiger partial charge in [-0.2, -0.15) is 18.2 Å². The lowest BCUT2D eigenvalue weighted by molar-refractivity contribution is -0.159. The summed E-state index contributed by atoms with van der Waals surface area (Å²) in [7, 11) is 0. The fourth-order valence-corrected chi connectivity index (χ4v) is 9.69. The number of nitrogens with zero attached hydrogens (tertiary/aromatic N) is 8. The van der Waals surface area contributed by atoms with Crippen LogP contribution in [-0.4, -0.2) is 108 Å². The summed E-state index contributed by atoms with van der Waals surface area (Å²) in [6.45, 7) is 3.04. The molecule has 3 atom stereocenters. The van der Waals surface area contributed by atoms with E-state index >= 15 is 0 Å². The number of benzene rings is 3. The first-order valence-electron chi connectivity index (χ1n) is 22.3. The summed E-state index contributed by atoms with van der Waals surface area (Å²) in [5.74, 6) is -4.26. The Balaban J connectivity index is 0.753. The standard InChI is InChI=1S/C47H45F3N10O7S/c48-47(49,50)46-54-40(56-67-46)29-12-8-13-30(24-29)41(62)51-34-19-22-58(26-33(34)43-52-35(27-68-43)28-10-4-3-5-11-28)21-18-31-25-59(57-55-31)20-6-1-2-7-23-66-37-15-9-14-32-39(37)45(65)60(44(32)64)36-16-17-38(61)53-42(36)63/h3-5,8-15,24-25,27,33-34,36H,1-2,6-7,16-23,26H2,(H,51,62)(H,53,61,63)/t33-,34+,36?/m1/s1. The van der Waals surface area contributed by atoms with Crippen molar-refractivity contribution in [3.63, 3.8) is 0 Å². The number of piperidine rings is 2. The monoisotopic (exact) mass is 950 g/mol. The average Bonchev–Trinajstić information content (AvgIpc) is 4.17. The number of carbonyl (C=O) groups is 5. The number of imide groups is 2. The molecule has 3 aliphatic heterocycles. The molecule has 6 heterocycles. The first-order chi connectivity index (χ1) is 32.9. The van der Waals surface area contributed by atoms with E-state index in [1.807, 2.05) is 46.6 Å². The molecule has 9 rings (SSSR count). The third-order valence-corrected chi connectivity index (χ3v) is 13.2. The Morgan fingerprint density at radius 2 is 1.72 bits per heavy atom. The number of hydrogen-bond acceptors (Lipinski definition) is 14. The van der Waals surface area contributed by atoms with Gasteiger partial charge in [0.05, 0.1) is 34.1 Å². The summed E-state index contributed by atoms with van der Waals surface area (Å²) in [5, 5.41) is 20.5. The lowest BCUT2D eigenvalue weighted by Gasteiger charge is -2.38. The van der Waals surface area contributed by atoms with Crippen LogP contribution in [0.3, 0.4) is 0 Å². The molecule has 2 saturated heterocycles. The predicted molar refractivity (Wildman–Crippen MR) is 238 cm³/mol. The van der Waals surface area contributed by atoms with Crippen LogP contribution in [0, 0.1) is 0 Å². The van der Waals surface area contributed by atoms with Crippen molar-refractivity contribution in [1.29, 1.82) is 0 Å². The number of hydrogen-bond donors (Lipinski definition) is 2. The van der Waals surface area contributed by atoms with Crippen molar-refractivity contribution in [2.45, 2.75) is 82.1 Å². The molecular formula is C47H45F3N10O7S. The summed E-state index contributed by atoms with van der Waals surface area (Å²) in [5.41, 5.74) is 3.46. The molecule has 3 aromatic heterocycles. The number of aryl methyl sites for hydroxylation is 1. The number of halogens is 3. The zero-order chi connectivity index (χ0) is 47.4. The van der Waals surface area contributed by atoms with Gasteiger partial charge in [0, 0.05) is 79.2 Å². The van der Waals surface area contributed by atoms with Gasteiger partial charge in [0.1, 0.15) is 11.8 Å². The van der Waals surface area contributed by atoms with E-state index in [2.05, 4.69) is 40.5 Å². The minimum Gasteiger partial charge on any atom is -0.493 e. The van der Waals surface area contributed by atoms with Gasteiger partial charge in [0.15, 0.2) is 0 Å². The third-order valence-electron chi connectivity index (χ3n) is 12.2. The number of unbranched alkanes of at least 4 members (excludes halogenated alkanes) is 3. The van der Waals surface area contributed by atoms with E-state index < -0.39 is 41.7 Å². The molecular weight excluding hydrogens is 906 g/mol. The van der Waals surface area contributed by atoms with Gasteiger partial charge in [-0.1, -0.05) is 65.3 Å². The zero-order valence-corrected chi connectivity index (χ0v) is 37.3. The lowest BCUT2D eigenvalue weighted by Crippen LogP contribution is -2.54. The number of amides is 5. The maximum absolute atomic E-state index is 13.7. The van der Waals surface area contributed by atoms with Crippen molar-refractivity contribution in [1.82, 2.24) is 50.6 Å². The number of alkyl halides is 3. The summed E-state index contributed by atoms with van der Waals surface area (Å²) in [6, 6.07) is 19.5. The van der Waals surface area contributed by atoms with Crippen molar-refractivity contribution >= 4 is 40.9 Å². The molecule has 0 spiro atoms. The molecule has 5 amide bonds. The molecule has 0 saturated carbocycles. The zero-order valence-electron chi connectivity index (χ0n) is 36.5. The Kier molecular flexibility index (Phi) is 13.5. The Morgan fingerprint density at radius 3 is 2.53 bits per heavy atom. The number of aromatic nitrogens is 6. The molecule has 21 heteroatoms. The van der Waals surface area contributed by atoms with Crippen molar-refractivity contribution in [2.75, 3.05) is 26.2 Å². The lowest BCUT2D eigenvalue weighted by atomic mass is 9.91. The summed E-state index contributed by atoms with van der Waals surface area (Å²) < 4.78 is 51.6. The van der Waals surface area contributed by atoms with Gasteiger partial charge in [0.25, 0.3) is 17.7 Å². The number of fused-ring (bicyclic) bond motifs is 1. The van der Waals surface area contributed by atoms with E-state index in [1.165, 1.54) is 29.5 Å². The Morgan fingerprint density at radius 1 is 0.912 bits per heavy atom. The van der Waals surface area contributed by atoms with Gasteiger partial charge >= 0.3 is 12.1 Å². The maximum Gasteiger partial charge on any atom is 0.471 e. The van der Waals surface area contributed by atoms with Crippen LogP contribution in [0.25, 0.3) is 22.6 Å². The highest BCUT2D eigenvalue weighted by atomic mass is 32.1. The molecule has 17 nitrogen and oxygen atoms in total. The molecule has 1 unspecified atom stereocenters. The van der Waals surface area contributed by atoms with Crippen LogP contribution in [-0.2, 0) is 28.7 Å². The second kappa shape index (κ2) is 20.0. The maximum atomic E-state index is 13.7. The number of carbonyl (C=O) groups excluding carboxylic acids is 5. The van der Waals surface area contributed by atoms with Crippen molar-refractivity contribution in [2.24, 2.45) is 0 Å². The molecule has 0 aliphatic carbocycles. The van der Waals surface area contributed by atoms with Crippen LogP contribution in [0.2, 0.25) is 0 Å². The highest BCUT2D eigenvalue weighted by Gasteiger charge is 2.46. The minimum atomic E-state index is -4.79. The van der Waals surface area contributed by atoms with Crippen molar-refractivity contribution in [3.05, 3.63) is 118 Å². The van der Waals surface area contributed by atoms with Crippen LogP contribution >= 0.6 is 11.3 Å². The smallest absolute Gasteiger partial charge is 0.471 e. The third kappa shape index (κ3) is 10.2. The number of likely N-dealkylation sites (tertiary alicyclic amines) is 1. The van der Waals surface area contributed by atoms with Crippen molar-refractivity contribution < 1.29 is 46.4 Å². The number of rotatable bonds is 17. The van der Waals surface area contributed by atoms with Gasteiger partial charge in [-0.15, -0.1) is 16.4 Å². The Hall–Kier alpha value is -7.13. The molecule has 352 valence electrons. The molecule has 68 heavy (non-hydrogen) atoms. The molecule has 3 aliphatic rings. The van der Waals surface area contributed by atoms with Crippen LogP contribution in [0.1, 0.15) is 98.5 Å². The molecule has 0 bridgehead atoms. The fraction of sp³-hybridized carbons (Fsp3) is 0.362. The Bertz CT molecular complexity index is 2830. The minimum absolute atomic E-state index is 0.0432. The predicted octanol–water partition coefficient (Wildman–Crippen LogP) is 6.34. The van der Waals surface area contributed by atoms with E-state index in [0.29, 0.717) is 52.0 Å². The van der Waals surface area contributed by atoms with Gasteiger partial charge in [0.2, 0.25) is 17.6 Å². The quantitative estimate of drug-likeness (QED) is 0.0757. The van der Waals surface area contributed by atoms with E-state index in [1.54, 1.807) is 24.3 Å². The fourth-order valence-electron chi connectivity index (χ4n) is 8.70. The first kappa shape index (κ1) is 46.0. The molecule has 3 aromatic carbocycles. The van der Waals surface area contributed by atoms with Gasteiger partial charge < -0.3 is 19.5 Å². The van der Waals surface area contributed by atoms with Crippen LogP contribution in [0.15, 0.2) is 88.9 Å². The Labute approximate surface area is 391 Å². The van der Waals surface area contributed by atoms with E-state index in [4.69, 9.17) is 9.72 Å². The number of nitrogens with one attached hydrogen (secondary N) is 2. The van der Waals surface area contributed by atoms with Crippen molar-refractivity contribution in [3.8, 4) is 28.4 Å². The van der Waals surface area contributed by atoms with Gasteiger partial charge in [-0.25, -0.2) is 4.98 Å². The largest absolute Gasteiger partial charge is 0.493 e. The number of ether oxygens (including phenoxy) is 1. The van der Waals surface area contributed by atoms with Crippen LogP contribution in [0.5, 0.6) is 5.75 Å². The van der Waals surface area contributed by atoms with E-state index in [-0.39, 0.29) is 64.5 Å². The van der Waals surface area contributed by atoms with E-state index in [9.17, 15) is 37.1 Å². The highest BCUT2D eigenvalue weighted by Crippen LogP contribution is 2.36. The van der Waals surface area contributed by atoms with Crippen LogP contribution < -0.4 is 15.4 Å². The normalized spacial score (nSPS) is 18.8. The second-order valence-corrected chi connectivity index (χ2v) is 17.7. The summed E-state index contributed by atoms with van der Waals surface area (Å²) >= 11 is 1.54. The van der Waals surface area contributed by atoms with Gasteiger partial charge in [-0.3, -0.25) is 38.9 Å². The second-order valence-electron chi connectivity index (χ2n) is 16.8. The average molecular weight is 951 g/mol. The highest BCUT2D eigenvalue weighted by molar-refractivity contribution is 7.10. The van der Waals surface area contributed by atoms with Crippen LogP contribution in [0.4, 0.5) is 13.2 Å². The molecule has 0 radical (unpaired) electrons. The van der Waals surface area contributed by atoms with E-state index in [0.717, 1.165) is 46.1 Å². The molecule has 2 fully saturated rings.